The van der Waals surface area contributed by atoms with E-state index in [1.807, 2.05) is 32.9 Å². The van der Waals surface area contributed by atoms with Crippen molar-refractivity contribution in [2.45, 2.75) is 78.5 Å². The third kappa shape index (κ3) is 11.9. The zero-order valence-electron chi connectivity index (χ0n) is 23.7. The summed E-state index contributed by atoms with van der Waals surface area (Å²) in [6.07, 6.45) is -4.62. The van der Waals surface area contributed by atoms with Crippen LogP contribution in [-0.2, 0) is 16.0 Å². The van der Waals surface area contributed by atoms with E-state index in [0.717, 1.165) is 22.3 Å². The van der Waals surface area contributed by atoms with Crippen LogP contribution in [0.4, 0.5) is 18.0 Å². The van der Waals surface area contributed by atoms with Crippen LogP contribution in [0.15, 0.2) is 36.4 Å². The number of unbranched alkanes of at least 4 members (excludes halogenated alkanes) is 3. The first-order valence-electron chi connectivity index (χ1n) is 13.6. The summed E-state index contributed by atoms with van der Waals surface area (Å²) in [5.74, 6) is -0.00509. The van der Waals surface area contributed by atoms with Crippen molar-refractivity contribution >= 4 is 12.1 Å². The van der Waals surface area contributed by atoms with Gasteiger partial charge in [0.05, 0.1) is 6.54 Å². The van der Waals surface area contributed by atoms with E-state index in [9.17, 15) is 27.9 Å². The Morgan fingerprint density at radius 2 is 1.57 bits per heavy atom. The second kappa shape index (κ2) is 16.1. The number of halogens is 3. The molecule has 2 aromatic rings. The molecule has 0 aliphatic rings. The number of hydrogen-bond acceptors (Lipinski definition) is 5. The molecule has 0 aromatic heterocycles. The number of amides is 1. The largest absolute Gasteiger partial charge is 0.492 e. The fourth-order valence-corrected chi connectivity index (χ4v) is 4.11. The van der Waals surface area contributed by atoms with Gasteiger partial charge >= 0.3 is 18.2 Å². The fourth-order valence-electron chi connectivity index (χ4n) is 4.11. The van der Waals surface area contributed by atoms with E-state index in [4.69, 9.17) is 14.2 Å². The monoisotopic (exact) mass is 567 g/mol. The Labute approximate surface area is 234 Å². The van der Waals surface area contributed by atoms with E-state index in [2.05, 4.69) is 0 Å². The summed E-state index contributed by atoms with van der Waals surface area (Å²) in [7, 11) is 0. The molecule has 1 atom stereocenters. The highest BCUT2D eigenvalue weighted by molar-refractivity contribution is 5.73. The molecule has 10 heteroatoms. The Kier molecular flexibility index (Phi) is 13.3. The van der Waals surface area contributed by atoms with E-state index in [1.54, 1.807) is 31.2 Å². The van der Waals surface area contributed by atoms with Crippen molar-refractivity contribution in [2.24, 2.45) is 0 Å². The Morgan fingerprint density at radius 3 is 2.20 bits per heavy atom. The highest BCUT2D eigenvalue weighted by Crippen LogP contribution is 2.24. The lowest BCUT2D eigenvalue weighted by molar-refractivity contribution is -0.150. The zero-order chi connectivity index (χ0) is 29.7. The SMILES string of the molecule is CCOC(Cc1ccc(OCCN(CCCCCCC(F)(F)F)C(=O)Oc2cc(C)c(C)cc2C)cc1)C(=O)O. The highest BCUT2D eigenvalue weighted by atomic mass is 19.4. The van der Waals surface area contributed by atoms with Gasteiger partial charge in [0.2, 0.25) is 0 Å². The molecule has 1 unspecified atom stereocenters. The molecule has 0 heterocycles. The van der Waals surface area contributed by atoms with Crippen molar-refractivity contribution < 1.29 is 42.1 Å². The molecule has 0 aliphatic carbocycles. The van der Waals surface area contributed by atoms with Crippen molar-refractivity contribution in [3.63, 3.8) is 0 Å². The van der Waals surface area contributed by atoms with E-state index in [1.165, 1.54) is 4.90 Å². The van der Waals surface area contributed by atoms with E-state index in [0.29, 0.717) is 43.9 Å². The molecule has 0 spiro atoms. The minimum Gasteiger partial charge on any atom is -0.492 e. The van der Waals surface area contributed by atoms with Crippen LogP contribution in [0.3, 0.4) is 0 Å². The number of benzene rings is 2. The van der Waals surface area contributed by atoms with Crippen LogP contribution in [0, 0.1) is 20.8 Å². The second-order valence-corrected chi connectivity index (χ2v) is 9.82. The van der Waals surface area contributed by atoms with Gasteiger partial charge in [-0.05, 0) is 81.0 Å². The summed E-state index contributed by atoms with van der Waals surface area (Å²) in [6.45, 7) is 8.53. The molecule has 40 heavy (non-hydrogen) atoms. The molecule has 0 saturated heterocycles. The standard InChI is InChI=1S/C30H40F3NO6/c1-5-38-27(28(35)36)20-24-10-12-25(13-11-24)39-17-16-34(15-9-7-6-8-14-30(31,32)33)29(37)40-26-19-22(3)21(2)18-23(26)4/h10-13,18-19,27H,5-9,14-17,20H2,1-4H3,(H,35,36). The van der Waals surface area contributed by atoms with Crippen LogP contribution < -0.4 is 9.47 Å². The molecule has 0 bridgehead atoms. The van der Waals surface area contributed by atoms with Gasteiger partial charge < -0.3 is 24.2 Å². The summed E-state index contributed by atoms with van der Waals surface area (Å²) in [6, 6.07) is 10.7. The Balaban J connectivity index is 1.96. The lowest BCUT2D eigenvalue weighted by atomic mass is 10.1. The summed E-state index contributed by atoms with van der Waals surface area (Å²) < 4.78 is 53.9. The molecule has 222 valence electrons. The summed E-state index contributed by atoms with van der Waals surface area (Å²) in [4.78, 5) is 25.9. The maximum absolute atomic E-state index is 13.1. The molecular weight excluding hydrogens is 527 g/mol. The number of nitrogens with zero attached hydrogens (tertiary/aromatic N) is 1. The molecule has 0 radical (unpaired) electrons. The summed E-state index contributed by atoms with van der Waals surface area (Å²) in [5, 5.41) is 9.27. The first-order chi connectivity index (χ1) is 18.9. The van der Waals surface area contributed by atoms with Crippen LogP contribution in [0.25, 0.3) is 0 Å². The molecule has 7 nitrogen and oxygen atoms in total. The molecule has 0 aliphatic heterocycles. The lowest BCUT2D eigenvalue weighted by Gasteiger charge is -2.23. The zero-order valence-corrected chi connectivity index (χ0v) is 23.7. The van der Waals surface area contributed by atoms with Gasteiger partial charge in [0.15, 0.2) is 6.10 Å². The van der Waals surface area contributed by atoms with Gasteiger partial charge in [0.1, 0.15) is 18.1 Å². The predicted octanol–water partition coefficient (Wildman–Crippen LogP) is 7.04. The molecule has 1 N–H and O–H groups in total. The molecule has 1 amide bonds. The third-order valence-electron chi connectivity index (χ3n) is 6.50. The maximum atomic E-state index is 13.1. The molecule has 0 fully saturated rings. The van der Waals surface area contributed by atoms with Gasteiger partial charge in [0, 0.05) is 26.0 Å². The average molecular weight is 568 g/mol. The normalized spacial score (nSPS) is 12.2. The van der Waals surface area contributed by atoms with E-state index >= 15 is 0 Å². The lowest BCUT2D eigenvalue weighted by Crippen LogP contribution is -2.37. The quantitative estimate of drug-likeness (QED) is 0.219. The molecular formula is C30H40F3NO6. The van der Waals surface area contributed by atoms with Crippen molar-refractivity contribution in [1.29, 1.82) is 0 Å². The van der Waals surface area contributed by atoms with E-state index < -0.39 is 30.8 Å². The Bertz CT molecular complexity index is 1090. The Hall–Kier alpha value is -3.27. The number of carbonyl (C=O) groups is 2. The number of hydrogen-bond donors (Lipinski definition) is 1. The van der Waals surface area contributed by atoms with Gasteiger partial charge in [0.25, 0.3) is 0 Å². The van der Waals surface area contributed by atoms with Crippen LogP contribution >= 0.6 is 0 Å². The van der Waals surface area contributed by atoms with Crippen molar-refractivity contribution in [1.82, 2.24) is 4.90 Å². The minimum absolute atomic E-state index is 0.0622. The number of carbonyl (C=O) groups excluding carboxylic acids is 1. The Morgan fingerprint density at radius 1 is 0.925 bits per heavy atom. The second-order valence-electron chi connectivity index (χ2n) is 9.82. The van der Waals surface area contributed by atoms with Crippen LogP contribution in [0.1, 0.15) is 61.3 Å². The van der Waals surface area contributed by atoms with Crippen LogP contribution in [-0.4, -0.2) is 60.7 Å². The smallest absolute Gasteiger partial charge is 0.415 e. The van der Waals surface area contributed by atoms with Crippen molar-refractivity contribution in [3.8, 4) is 11.5 Å². The average Bonchev–Trinajstić information content (AvgIpc) is 2.88. The third-order valence-corrected chi connectivity index (χ3v) is 6.50. The van der Waals surface area contributed by atoms with Gasteiger partial charge in [-0.25, -0.2) is 9.59 Å². The number of rotatable bonds is 16. The minimum atomic E-state index is -4.16. The number of aliphatic carboxylic acids is 1. The molecule has 2 rings (SSSR count). The topological polar surface area (TPSA) is 85.3 Å². The van der Waals surface area contributed by atoms with Gasteiger partial charge in [-0.2, -0.15) is 13.2 Å². The number of carboxylic acid groups (broad SMARTS) is 1. The van der Waals surface area contributed by atoms with Crippen LogP contribution in [0.5, 0.6) is 11.5 Å². The van der Waals surface area contributed by atoms with Gasteiger partial charge in [-0.1, -0.05) is 31.0 Å². The highest BCUT2D eigenvalue weighted by Gasteiger charge is 2.26. The number of carboxylic acids is 1. The predicted molar refractivity (Wildman–Crippen MR) is 146 cm³/mol. The molecule has 0 saturated carbocycles. The van der Waals surface area contributed by atoms with Gasteiger partial charge in [-0.3, -0.25) is 0 Å². The summed E-state index contributed by atoms with van der Waals surface area (Å²) >= 11 is 0. The van der Waals surface area contributed by atoms with Crippen LogP contribution in [0.2, 0.25) is 0 Å². The first-order valence-corrected chi connectivity index (χ1v) is 13.6. The first kappa shape index (κ1) is 32.9. The number of ether oxygens (including phenoxy) is 3. The molecule has 2 aromatic carbocycles. The fraction of sp³-hybridized carbons (Fsp3) is 0.533. The van der Waals surface area contributed by atoms with E-state index in [-0.39, 0.29) is 26.0 Å². The van der Waals surface area contributed by atoms with Crippen molar-refractivity contribution in [2.75, 3.05) is 26.3 Å². The summed E-state index contributed by atoms with van der Waals surface area (Å²) in [5.41, 5.74) is 3.69. The maximum Gasteiger partial charge on any atom is 0.415 e. The number of aryl methyl sites for hydroxylation is 3. The van der Waals surface area contributed by atoms with Crippen molar-refractivity contribution in [3.05, 3.63) is 58.7 Å². The van der Waals surface area contributed by atoms with Gasteiger partial charge in [-0.15, -0.1) is 0 Å². The number of alkyl halides is 3.